The summed E-state index contributed by atoms with van der Waals surface area (Å²) in [4.78, 5) is 19.5. The van der Waals surface area contributed by atoms with Crippen molar-refractivity contribution in [2.75, 3.05) is 25.0 Å². The number of carbonyl (C=O) groups excluding carboxylic acids is 1. The number of aromatic nitrogens is 2. The molecule has 2 heterocycles. The molecule has 1 N–H and O–H groups in total. The first-order valence-corrected chi connectivity index (χ1v) is 11.8. The highest BCUT2D eigenvalue weighted by Crippen LogP contribution is 2.22. The molecule has 34 heavy (non-hydrogen) atoms. The van der Waals surface area contributed by atoms with E-state index in [4.69, 9.17) is 14.0 Å². The molecular weight excluding hydrogens is 432 g/mol. The molecule has 0 spiro atoms. The van der Waals surface area contributed by atoms with Crippen LogP contribution in [-0.4, -0.2) is 52.9 Å². The third-order valence-corrected chi connectivity index (χ3v) is 5.64. The zero-order valence-corrected chi connectivity index (χ0v) is 20.0. The second-order valence-corrected chi connectivity index (χ2v) is 8.63. The second kappa shape index (κ2) is 11.3. The number of benzene rings is 2. The molecule has 2 unspecified atom stereocenters. The monoisotopic (exact) mass is 464 g/mol. The maximum Gasteiger partial charge on any atom is 0.227 e. The number of para-hydroxylation sites is 1. The number of hydrogen-bond acceptors (Lipinski definition) is 7. The fraction of sp³-hybridized carbons (Fsp3) is 0.423. The number of carbonyl (C=O) groups is 1. The Morgan fingerprint density at radius 2 is 1.85 bits per heavy atom. The van der Waals surface area contributed by atoms with Crippen LogP contribution in [0.5, 0.6) is 5.75 Å². The van der Waals surface area contributed by atoms with Crippen molar-refractivity contribution in [3.8, 4) is 17.1 Å². The standard InChI is InChI=1S/C26H32N4O4/c1-4-32-22-11-9-20(10-12-22)26-28-25(34-29-26)14-13-24(31)27-23-8-6-5-7-21(23)17-30-15-18(2)33-19(3)16-30/h5-12,18-19H,4,13-17H2,1-3H3,(H,27,31). The van der Waals surface area contributed by atoms with E-state index in [1.54, 1.807) is 0 Å². The molecule has 1 aromatic heterocycles. The van der Waals surface area contributed by atoms with Crippen molar-refractivity contribution in [1.82, 2.24) is 15.0 Å². The van der Waals surface area contributed by atoms with Crippen molar-refractivity contribution in [2.24, 2.45) is 0 Å². The topological polar surface area (TPSA) is 89.7 Å². The minimum absolute atomic E-state index is 0.0861. The van der Waals surface area contributed by atoms with Crippen LogP contribution in [0.15, 0.2) is 53.1 Å². The summed E-state index contributed by atoms with van der Waals surface area (Å²) in [5.41, 5.74) is 2.76. The molecule has 2 aromatic carbocycles. The van der Waals surface area contributed by atoms with Gasteiger partial charge in [-0.2, -0.15) is 4.98 Å². The van der Waals surface area contributed by atoms with E-state index < -0.39 is 0 Å². The summed E-state index contributed by atoms with van der Waals surface area (Å²) in [5, 5.41) is 7.09. The van der Waals surface area contributed by atoms with Crippen molar-refractivity contribution in [3.05, 3.63) is 60.0 Å². The Hall–Kier alpha value is -3.23. The Bertz CT molecular complexity index is 1070. The van der Waals surface area contributed by atoms with Crippen LogP contribution in [0.25, 0.3) is 11.4 Å². The van der Waals surface area contributed by atoms with E-state index in [0.29, 0.717) is 24.7 Å². The van der Waals surface area contributed by atoms with Gasteiger partial charge in [0.2, 0.25) is 17.6 Å². The molecule has 1 saturated heterocycles. The first kappa shape index (κ1) is 23.9. The highest BCUT2D eigenvalue weighted by atomic mass is 16.5. The average molecular weight is 465 g/mol. The summed E-state index contributed by atoms with van der Waals surface area (Å²) in [6.45, 7) is 9.26. The molecular formula is C26H32N4O4. The van der Waals surface area contributed by atoms with Gasteiger partial charge in [-0.25, -0.2) is 0 Å². The van der Waals surface area contributed by atoms with Gasteiger partial charge in [-0.3, -0.25) is 9.69 Å². The fourth-order valence-corrected chi connectivity index (χ4v) is 4.21. The molecule has 2 atom stereocenters. The van der Waals surface area contributed by atoms with Gasteiger partial charge in [0.1, 0.15) is 5.75 Å². The van der Waals surface area contributed by atoms with Gasteiger partial charge < -0.3 is 19.3 Å². The number of rotatable bonds is 9. The number of anilines is 1. The summed E-state index contributed by atoms with van der Waals surface area (Å²) in [6.07, 6.45) is 1.03. The predicted octanol–water partition coefficient (Wildman–Crippen LogP) is 4.32. The third kappa shape index (κ3) is 6.42. The van der Waals surface area contributed by atoms with Gasteiger partial charge in [0.15, 0.2) is 0 Å². The maximum atomic E-state index is 12.7. The lowest BCUT2D eigenvalue weighted by molar-refractivity contribution is -0.116. The van der Waals surface area contributed by atoms with Crippen LogP contribution in [0.3, 0.4) is 0 Å². The van der Waals surface area contributed by atoms with Gasteiger partial charge in [-0.1, -0.05) is 23.4 Å². The van der Waals surface area contributed by atoms with E-state index in [2.05, 4.69) is 40.3 Å². The van der Waals surface area contributed by atoms with E-state index in [9.17, 15) is 4.79 Å². The molecule has 1 fully saturated rings. The summed E-state index contributed by atoms with van der Waals surface area (Å²) in [5.74, 6) is 1.64. The zero-order chi connectivity index (χ0) is 23.9. The lowest BCUT2D eigenvalue weighted by Gasteiger charge is -2.35. The first-order chi connectivity index (χ1) is 16.5. The quantitative estimate of drug-likeness (QED) is 0.504. The summed E-state index contributed by atoms with van der Waals surface area (Å²) in [6, 6.07) is 15.5. The summed E-state index contributed by atoms with van der Waals surface area (Å²) < 4.78 is 16.6. The Morgan fingerprint density at radius 3 is 2.59 bits per heavy atom. The van der Waals surface area contributed by atoms with Crippen molar-refractivity contribution < 1.29 is 18.8 Å². The van der Waals surface area contributed by atoms with Crippen LogP contribution in [-0.2, 0) is 22.5 Å². The highest BCUT2D eigenvalue weighted by Gasteiger charge is 2.23. The molecule has 1 aliphatic heterocycles. The summed E-state index contributed by atoms with van der Waals surface area (Å²) in [7, 11) is 0. The maximum absolute atomic E-state index is 12.7. The molecule has 0 saturated carbocycles. The van der Waals surface area contributed by atoms with Gasteiger partial charge in [-0.05, 0) is 56.7 Å². The van der Waals surface area contributed by atoms with E-state index in [-0.39, 0.29) is 24.5 Å². The molecule has 1 amide bonds. The zero-order valence-electron chi connectivity index (χ0n) is 20.0. The number of aryl methyl sites for hydroxylation is 1. The average Bonchev–Trinajstić information content (AvgIpc) is 3.28. The van der Waals surface area contributed by atoms with Crippen molar-refractivity contribution >= 4 is 11.6 Å². The van der Waals surface area contributed by atoms with Crippen molar-refractivity contribution in [3.63, 3.8) is 0 Å². The number of hydrogen-bond donors (Lipinski definition) is 1. The minimum Gasteiger partial charge on any atom is -0.494 e. The van der Waals surface area contributed by atoms with E-state index in [1.807, 2.05) is 49.4 Å². The van der Waals surface area contributed by atoms with Crippen LogP contribution >= 0.6 is 0 Å². The lowest BCUT2D eigenvalue weighted by Crippen LogP contribution is -2.44. The SMILES string of the molecule is CCOc1ccc(-c2noc(CCC(=O)Nc3ccccc3CN3CC(C)OC(C)C3)n2)cc1. The van der Waals surface area contributed by atoms with Gasteiger partial charge in [0.25, 0.3) is 0 Å². The third-order valence-electron chi connectivity index (χ3n) is 5.64. The molecule has 180 valence electrons. The van der Waals surface area contributed by atoms with E-state index in [1.165, 1.54) is 0 Å². The number of morpholine rings is 1. The largest absolute Gasteiger partial charge is 0.494 e. The van der Waals surface area contributed by atoms with Crippen molar-refractivity contribution in [2.45, 2.75) is 52.4 Å². The number of amides is 1. The van der Waals surface area contributed by atoms with Crippen LogP contribution in [0.2, 0.25) is 0 Å². The van der Waals surface area contributed by atoms with Gasteiger partial charge in [0.05, 0.1) is 18.8 Å². The number of ether oxygens (including phenoxy) is 2. The lowest BCUT2D eigenvalue weighted by atomic mass is 10.1. The van der Waals surface area contributed by atoms with E-state index in [0.717, 1.165) is 42.2 Å². The highest BCUT2D eigenvalue weighted by molar-refractivity contribution is 5.91. The normalized spacial score (nSPS) is 18.6. The smallest absolute Gasteiger partial charge is 0.227 e. The Balaban J connectivity index is 1.32. The molecule has 3 aromatic rings. The predicted molar refractivity (Wildman–Crippen MR) is 130 cm³/mol. The van der Waals surface area contributed by atoms with Crippen molar-refractivity contribution in [1.29, 1.82) is 0 Å². The first-order valence-electron chi connectivity index (χ1n) is 11.8. The molecule has 1 aliphatic rings. The Morgan fingerprint density at radius 1 is 1.12 bits per heavy atom. The Kier molecular flexibility index (Phi) is 7.92. The van der Waals surface area contributed by atoms with Gasteiger partial charge >= 0.3 is 0 Å². The molecule has 0 bridgehead atoms. The summed E-state index contributed by atoms with van der Waals surface area (Å²) >= 11 is 0. The molecule has 8 heteroatoms. The fourth-order valence-electron chi connectivity index (χ4n) is 4.21. The van der Waals surface area contributed by atoms with Crippen LogP contribution in [0.4, 0.5) is 5.69 Å². The molecule has 0 radical (unpaired) electrons. The van der Waals surface area contributed by atoms with Gasteiger partial charge in [-0.15, -0.1) is 0 Å². The number of nitrogens with one attached hydrogen (secondary N) is 1. The molecule has 0 aliphatic carbocycles. The second-order valence-electron chi connectivity index (χ2n) is 8.63. The molecule has 4 rings (SSSR count). The van der Waals surface area contributed by atoms with E-state index >= 15 is 0 Å². The Labute approximate surface area is 200 Å². The number of nitrogens with zero attached hydrogens (tertiary/aromatic N) is 3. The van der Waals surface area contributed by atoms with Gasteiger partial charge in [0, 0.05) is 43.7 Å². The molecule has 8 nitrogen and oxygen atoms in total. The van der Waals surface area contributed by atoms with Crippen LogP contribution < -0.4 is 10.1 Å². The minimum atomic E-state index is -0.0861. The van der Waals surface area contributed by atoms with Crippen LogP contribution in [0, 0.1) is 0 Å². The van der Waals surface area contributed by atoms with Crippen LogP contribution in [0.1, 0.15) is 38.6 Å².